The zero-order valence-corrected chi connectivity index (χ0v) is 22.1. The summed E-state index contributed by atoms with van der Waals surface area (Å²) in [4.78, 5) is 23.2. The monoisotopic (exact) mass is 509 g/mol. The average molecular weight is 510 g/mol. The Morgan fingerprint density at radius 1 is 1.17 bits per heavy atom. The third kappa shape index (κ3) is 4.49. The van der Waals surface area contributed by atoms with E-state index in [1.165, 1.54) is 0 Å². The van der Waals surface area contributed by atoms with E-state index in [2.05, 4.69) is 27.5 Å². The number of aromatic nitrogens is 2. The molecule has 3 fully saturated rings. The fourth-order valence-electron chi connectivity index (χ4n) is 6.41. The zero-order valence-electron chi connectivity index (χ0n) is 21.3. The zero-order chi connectivity index (χ0) is 25.6. The normalized spacial score (nSPS) is 24.6. The van der Waals surface area contributed by atoms with Crippen LogP contribution in [0.2, 0.25) is 5.02 Å². The molecule has 2 bridgehead atoms. The maximum Gasteiger partial charge on any atom is 0.411 e. The van der Waals surface area contributed by atoms with Crippen molar-refractivity contribution in [3.05, 3.63) is 64.9 Å². The molecule has 6 rings (SSSR count). The molecule has 3 aliphatic rings. The van der Waals surface area contributed by atoms with Gasteiger partial charge in [-0.25, -0.2) is 9.78 Å². The first kappa shape index (κ1) is 25.1. The number of amides is 1. The van der Waals surface area contributed by atoms with E-state index in [9.17, 15) is 4.79 Å². The van der Waals surface area contributed by atoms with Gasteiger partial charge in [0.1, 0.15) is 11.2 Å². The molecule has 3 saturated carbocycles. The van der Waals surface area contributed by atoms with Crippen LogP contribution in [-0.4, -0.2) is 32.1 Å². The van der Waals surface area contributed by atoms with Crippen LogP contribution in [0, 0.1) is 5.41 Å². The van der Waals surface area contributed by atoms with Gasteiger partial charge >= 0.3 is 6.09 Å². The Hall–Kier alpha value is -2.61. The van der Waals surface area contributed by atoms with Crippen molar-refractivity contribution in [2.75, 3.05) is 0 Å². The minimum absolute atomic E-state index is 0.0436. The van der Waals surface area contributed by atoms with Gasteiger partial charge in [0.25, 0.3) is 0 Å². The number of nitrogens with one attached hydrogen (secondary N) is 2. The van der Waals surface area contributed by atoms with E-state index in [-0.39, 0.29) is 23.1 Å². The summed E-state index contributed by atoms with van der Waals surface area (Å²) in [5.41, 5.74) is 5.23. The third-order valence-corrected chi connectivity index (χ3v) is 8.58. The number of fused-ring (bicyclic) bond motifs is 4. The topological polar surface area (TPSA) is 96.3 Å². The maximum atomic E-state index is 13.5. The first-order chi connectivity index (χ1) is 17.2. The van der Waals surface area contributed by atoms with Crippen molar-refractivity contribution in [2.45, 2.75) is 83.0 Å². The van der Waals surface area contributed by atoms with Crippen molar-refractivity contribution >= 4 is 28.7 Å². The summed E-state index contributed by atoms with van der Waals surface area (Å²) in [6.45, 7) is 6.32. The molecule has 192 valence electrons. The first-order valence-corrected chi connectivity index (χ1v) is 13.2. The van der Waals surface area contributed by atoms with Crippen molar-refractivity contribution in [1.82, 2.24) is 20.3 Å². The molecule has 36 heavy (non-hydrogen) atoms. The number of halogens is 1. The summed E-state index contributed by atoms with van der Waals surface area (Å²) in [7, 11) is 0. The Morgan fingerprint density at radius 2 is 1.83 bits per heavy atom. The first-order valence-electron chi connectivity index (χ1n) is 12.8. The van der Waals surface area contributed by atoms with Crippen molar-refractivity contribution in [3.63, 3.8) is 0 Å². The van der Waals surface area contributed by atoms with E-state index in [1.54, 1.807) is 6.20 Å². The van der Waals surface area contributed by atoms with Crippen LogP contribution in [0.25, 0.3) is 11.0 Å². The molecule has 2 aromatic heterocycles. The van der Waals surface area contributed by atoms with Crippen LogP contribution in [0.15, 0.2) is 48.8 Å². The molecule has 3 aliphatic carbocycles. The quantitative estimate of drug-likeness (QED) is 0.269. The highest BCUT2D eigenvalue weighted by Crippen LogP contribution is 2.60. The smallest absolute Gasteiger partial charge is 0.411 e. The summed E-state index contributed by atoms with van der Waals surface area (Å²) in [6.07, 6.45) is 8.89. The van der Waals surface area contributed by atoms with Crippen LogP contribution < -0.4 is 11.3 Å². The van der Waals surface area contributed by atoms with Crippen LogP contribution >= 0.6 is 11.6 Å². The van der Waals surface area contributed by atoms with Gasteiger partial charge in [-0.2, -0.15) is 0 Å². The Morgan fingerprint density at radius 3 is 2.44 bits per heavy atom. The number of hydrogen-bond acceptors (Lipinski definition) is 5. The fourth-order valence-corrected chi connectivity index (χ4v) is 6.67. The van der Waals surface area contributed by atoms with Gasteiger partial charge in [0.2, 0.25) is 0 Å². The summed E-state index contributed by atoms with van der Waals surface area (Å²) in [6, 6.07) is 12.1. The predicted molar refractivity (Wildman–Crippen MR) is 142 cm³/mol. The number of pyridine rings is 1. The fraction of sp³-hybridized carbons (Fsp3) is 0.500. The van der Waals surface area contributed by atoms with Gasteiger partial charge in [0, 0.05) is 35.4 Å². The molecular weight excluding hydrogens is 474 g/mol. The van der Waals surface area contributed by atoms with Crippen LogP contribution in [0.5, 0.6) is 0 Å². The van der Waals surface area contributed by atoms with Gasteiger partial charge in [-0.1, -0.05) is 41.9 Å². The molecule has 1 amide bonds. The largest absolute Gasteiger partial charge is 0.444 e. The summed E-state index contributed by atoms with van der Waals surface area (Å²) in [5, 5.41) is 1.63. The van der Waals surface area contributed by atoms with Gasteiger partial charge in [-0.3, -0.25) is 16.2 Å². The molecule has 1 unspecified atom stereocenters. The van der Waals surface area contributed by atoms with Crippen LogP contribution in [0.4, 0.5) is 4.79 Å². The molecular formula is C28H36ClN5O2. The van der Waals surface area contributed by atoms with Crippen LogP contribution in [0.1, 0.15) is 76.5 Å². The number of carbonyl (C=O) groups excluding carboxylic acids is 1. The lowest BCUT2D eigenvalue weighted by molar-refractivity contribution is -0.0785. The summed E-state index contributed by atoms with van der Waals surface area (Å²) < 4.78 is 5.91. The van der Waals surface area contributed by atoms with E-state index < -0.39 is 5.60 Å². The minimum Gasteiger partial charge on any atom is -0.444 e. The van der Waals surface area contributed by atoms with E-state index in [1.807, 2.05) is 56.1 Å². The number of carbonyl (C=O) groups is 1. The lowest BCUT2D eigenvalue weighted by Crippen LogP contribution is -2.61. The number of nitrogens with zero attached hydrogens (tertiary/aromatic N) is 2. The third-order valence-electron chi connectivity index (χ3n) is 8.28. The Balaban J connectivity index is 1.44. The molecule has 3 aromatic rings. The SMILES string of the molecule is CC(C)(C)OC(=O)N(Cc1ccccc1)C12CCC(C(NN)c3c(Cl)cnc4[nH]ccc34)(CC1)CC2. The molecule has 0 spiro atoms. The molecule has 0 saturated heterocycles. The van der Waals surface area contributed by atoms with Gasteiger partial charge in [-0.05, 0) is 76.3 Å². The second-order valence-corrected chi connectivity index (χ2v) is 11.9. The second kappa shape index (κ2) is 9.36. The molecule has 1 aromatic carbocycles. The molecule has 2 heterocycles. The van der Waals surface area contributed by atoms with E-state index in [4.69, 9.17) is 22.2 Å². The number of H-pyrrole nitrogens is 1. The van der Waals surface area contributed by atoms with Gasteiger partial charge in [0.15, 0.2) is 0 Å². The highest BCUT2D eigenvalue weighted by Gasteiger charge is 2.56. The Kier molecular flexibility index (Phi) is 6.52. The number of hydrazine groups is 1. The van der Waals surface area contributed by atoms with Crippen molar-refractivity contribution in [2.24, 2.45) is 11.3 Å². The number of ether oxygens (including phenoxy) is 1. The maximum absolute atomic E-state index is 13.5. The lowest BCUT2D eigenvalue weighted by atomic mass is 9.53. The lowest BCUT2D eigenvalue weighted by Gasteiger charge is -2.59. The van der Waals surface area contributed by atoms with Gasteiger partial charge < -0.3 is 9.72 Å². The van der Waals surface area contributed by atoms with Gasteiger partial charge in [0.05, 0.1) is 11.1 Å². The molecule has 8 heteroatoms. The molecule has 0 aliphatic heterocycles. The number of nitrogens with two attached hydrogens (primary N) is 1. The standard InChI is InChI=1S/C28H36ClN5O2/c1-26(2,3)36-25(35)34(18-19-7-5-4-6-8-19)28-13-10-27(11-14-28,12-15-28)23(33-30)22-20-9-16-31-24(20)32-17-21(22)29/h4-9,16-17,23,33H,10-15,18,30H2,1-3H3,(H,31,32). The van der Waals surface area contributed by atoms with Crippen molar-refractivity contribution in [1.29, 1.82) is 0 Å². The Labute approximate surface area is 217 Å². The number of aromatic amines is 1. The molecule has 0 radical (unpaired) electrons. The van der Waals surface area contributed by atoms with E-state index in [0.29, 0.717) is 11.6 Å². The Bertz CT molecular complexity index is 1210. The molecule has 7 nitrogen and oxygen atoms in total. The molecule has 1 atom stereocenters. The van der Waals surface area contributed by atoms with Gasteiger partial charge in [-0.15, -0.1) is 0 Å². The van der Waals surface area contributed by atoms with Crippen LogP contribution in [-0.2, 0) is 11.3 Å². The molecule has 4 N–H and O–H groups in total. The van der Waals surface area contributed by atoms with Crippen molar-refractivity contribution in [3.8, 4) is 0 Å². The average Bonchev–Trinajstić information content (AvgIpc) is 3.34. The number of benzene rings is 1. The second-order valence-electron chi connectivity index (χ2n) is 11.5. The number of rotatable bonds is 6. The van der Waals surface area contributed by atoms with Crippen molar-refractivity contribution < 1.29 is 9.53 Å². The van der Waals surface area contributed by atoms with E-state index in [0.717, 1.165) is 60.7 Å². The summed E-state index contributed by atoms with van der Waals surface area (Å²) in [5.74, 6) is 6.23. The number of hydrogen-bond donors (Lipinski definition) is 3. The highest BCUT2D eigenvalue weighted by atomic mass is 35.5. The highest BCUT2D eigenvalue weighted by molar-refractivity contribution is 6.32. The summed E-state index contributed by atoms with van der Waals surface area (Å²) >= 11 is 6.71. The minimum atomic E-state index is -0.551. The predicted octanol–water partition coefficient (Wildman–Crippen LogP) is 6.25. The van der Waals surface area contributed by atoms with E-state index >= 15 is 0 Å². The van der Waals surface area contributed by atoms with Crippen LogP contribution in [0.3, 0.4) is 0 Å².